The van der Waals surface area contributed by atoms with Gasteiger partial charge in [0.05, 0.1) is 6.54 Å². The summed E-state index contributed by atoms with van der Waals surface area (Å²) >= 11 is 0. The topological polar surface area (TPSA) is 12.5 Å². The molecule has 1 aliphatic heterocycles. The highest BCUT2D eigenvalue weighted by Gasteiger charge is 2.13. The molecule has 52 valence electrons. The summed E-state index contributed by atoms with van der Waals surface area (Å²) in [5.41, 5.74) is 1.26. The quantitative estimate of drug-likeness (QED) is 0.485. The molecule has 0 aromatic heterocycles. The van der Waals surface area contributed by atoms with Crippen LogP contribution in [0.5, 0.6) is 0 Å². The summed E-state index contributed by atoms with van der Waals surface area (Å²) in [5.74, 6) is 1.05. The second-order valence-corrected chi connectivity index (χ2v) is 2.58. The number of allylic oxidation sites excluding steroid dienone is 1. The SMILES string of the molecule is CC(C)=C1OCCN1C. The van der Waals surface area contributed by atoms with Crippen molar-refractivity contribution in [3.8, 4) is 0 Å². The van der Waals surface area contributed by atoms with E-state index in [1.807, 2.05) is 0 Å². The van der Waals surface area contributed by atoms with E-state index in [1.54, 1.807) is 0 Å². The van der Waals surface area contributed by atoms with Crippen LogP contribution in [-0.4, -0.2) is 25.1 Å². The lowest BCUT2D eigenvalue weighted by molar-refractivity contribution is 0.239. The van der Waals surface area contributed by atoms with Crippen LogP contribution in [0.3, 0.4) is 0 Å². The Kier molecular flexibility index (Phi) is 1.65. The molecule has 0 N–H and O–H groups in total. The Labute approximate surface area is 56.1 Å². The van der Waals surface area contributed by atoms with E-state index in [-0.39, 0.29) is 0 Å². The number of hydrogen-bond acceptors (Lipinski definition) is 2. The van der Waals surface area contributed by atoms with Crippen molar-refractivity contribution in [3.05, 3.63) is 11.5 Å². The average Bonchev–Trinajstić information content (AvgIpc) is 2.13. The molecule has 0 atom stereocenters. The van der Waals surface area contributed by atoms with E-state index >= 15 is 0 Å². The summed E-state index contributed by atoms with van der Waals surface area (Å²) in [4.78, 5) is 2.13. The third kappa shape index (κ3) is 1.18. The lowest BCUT2D eigenvalue weighted by Gasteiger charge is -2.10. The number of hydrogen-bond donors (Lipinski definition) is 0. The third-order valence-electron chi connectivity index (χ3n) is 1.44. The minimum Gasteiger partial charge on any atom is -0.477 e. The highest BCUT2D eigenvalue weighted by atomic mass is 16.5. The fourth-order valence-electron chi connectivity index (χ4n) is 1.02. The first-order valence-corrected chi connectivity index (χ1v) is 3.23. The summed E-state index contributed by atoms with van der Waals surface area (Å²) in [7, 11) is 2.05. The lowest BCUT2D eigenvalue weighted by atomic mass is 10.3. The predicted octanol–water partition coefficient (Wildman–Crippen LogP) is 1.20. The van der Waals surface area contributed by atoms with Gasteiger partial charge in [0.15, 0.2) is 5.88 Å². The molecule has 9 heavy (non-hydrogen) atoms. The zero-order chi connectivity index (χ0) is 6.85. The fraction of sp³-hybridized carbons (Fsp3) is 0.714. The molecule has 1 heterocycles. The second-order valence-electron chi connectivity index (χ2n) is 2.58. The molecule has 2 heteroatoms. The van der Waals surface area contributed by atoms with Crippen molar-refractivity contribution in [1.29, 1.82) is 0 Å². The Hall–Kier alpha value is -0.660. The van der Waals surface area contributed by atoms with Gasteiger partial charge in [0, 0.05) is 7.05 Å². The van der Waals surface area contributed by atoms with Crippen LogP contribution in [0.1, 0.15) is 13.8 Å². The van der Waals surface area contributed by atoms with Crippen molar-refractivity contribution >= 4 is 0 Å². The zero-order valence-corrected chi connectivity index (χ0v) is 6.27. The summed E-state index contributed by atoms with van der Waals surface area (Å²) in [5, 5.41) is 0. The van der Waals surface area contributed by atoms with Gasteiger partial charge < -0.3 is 9.64 Å². The second kappa shape index (κ2) is 2.29. The van der Waals surface area contributed by atoms with E-state index in [2.05, 4.69) is 25.8 Å². The van der Waals surface area contributed by atoms with Crippen LogP contribution in [-0.2, 0) is 4.74 Å². The van der Waals surface area contributed by atoms with Crippen molar-refractivity contribution < 1.29 is 4.74 Å². The van der Waals surface area contributed by atoms with Crippen LogP contribution in [0.2, 0.25) is 0 Å². The molecule has 0 bridgehead atoms. The lowest BCUT2D eigenvalue weighted by Crippen LogP contribution is -2.11. The van der Waals surface area contributed by atoms with Gasteiger partial charge in [0.25, 0.3) is 0 Å². The highest BCUT2D eigenvalue weighted by molar-refractivity contribution is 5.03. The molecule has 1 fully saturated rings. The van der Waals surface area contributed by atoms with Gasteiger partial charge in [0.1, 0.15) is 6.61 Å². The van der Waals surface area contributed by atoms with Crippen LogP contribution in [0, 0.1) is 0 Å². The van der Waals surface area contributed by atoms with Gasteiger partial charge in [-0.1, -0.05) is 0 Å². The molecule has 0 aliphatic carbocycles. The zero-order valence-electron chi connectivity index (χ0n) is 6.27. The largest absolute Gasteiger partial charge is 0.477 e. The molecule has 0 saturated carbocycles. The highest BCUT2D eigenvalue weighted by Crippen LogP contribution is 2.14. The normalized spacial score (nSPS) is 18.1. The van der Waals surface area contributed by atoms with Gasteiger partial charge in [-0.2, -0.15) is 0 Å². The molecule has 0 aromatic carbocycles. The summed E-state index contributed by atoms with van der Waals surface area (Å²) in [6, 6.07) is 0. The minimum atomic E-state index is 0.844. The molecule has 0 amide bonds. The van der Waals surface area contributed by atoms with Crippen LogP contribution in [0.25, 0.3) is 0 Å². The predicted molar refractivity (Wildman–Crippen MR) is 37.0 cm³/mol. The Balaban J connectivity index is 2.70. The Morgan fingerprint density at radius 2 is 2.22 bits per heavy atom. The Morgan fingerprint density at radius 1 is 1.56 bits per heavy atom. The molecule has 2 nitrogen and oxygen atoms in total. The van der Waals surface area contributed by atoms with Crippen molar-refractivity contribution in [3.63, 3.8) is 0 Å². The van der Waals surface area contributed by atoms with E-state index in [1.165, 1.54) is 5.57 Å². The van der Waals surface area contributed by atoms with Gasteiger partial charge >= 0.3 is 0 Å². The number of ether oxygens (including phenoxy) is 1. The van der Waals surface area contributed by atoms with Gasteiger partial charge in [-0.3, -0.25) is 0 Å². The Bertz CT molecular complexity index is 136. The number of rotatable bonds is 0. The summed E-state index contributed by atoms with van der Waals surface area (Å²) in [6.45, 7) is 6.01. The average molecular weight is 127 g/mol. The molecule has 0 aromatic rings. The smallest absolute Gasteiger partial charge is 0.187 e. The van der Waals surface area contributed by atoms with Crippen molar-refractivity contribution in [2.75, 3.05) is 20.2 Å². The van der Waals surface area contributed by atoms with Crippen LogP contribution in [0.4, 0.5) is 0 Å². The van der Waals surface area contributed by atoms with Gasteiger partial charge in [0.2, 0.25) is 0 Å². The standard InChI is InChI=1S/C7H13NO/c1-6(2)7-8(3)4-5-9-7/h4-5H2,1-3H3. The van der Waals surface area contributed by atoms with Crippen LogP contribution < -0.4 is 0 Å². The summed E-state index contributed by atoms with van der Waals surface area (Å²) < 4.78 is 5.33. The first-order chi connectivity index (χ1) is 4.22. The first kappa shape index (κ1) is 6.46. The molecule has 1 saturated heterocycles. The van der Waals surface area contributed by atoms with E-state index in [4.69, 9.17) is 4.74 Å². The van der Waals surface area contributed by atoms with Crippen molar-refractivity contribution in [2.45, 2.75) is 13.8 Å². The van der Waals surface area contributed by atoms with Crippen molar-refractivity contribution in [2.24, 2.45) is 0 Å². The van der Waals surface area contributed by atoms with E-state index in [0.717, 1.165) is 19.0 Å². The maximum absolute atomic E-state index is 5.33. The van der Waals surface area contributed by atoms with Gasteiger partial charge in [-0.25, -0.2) is 0 Å². The maximum atomic E-state index is 5.33. The van der Waals surface area contributed by atoms with Crippen molar-refractivity contribution in [1.82, 2.24) is 4.90 Å². The molecule has 0 unspecified atom stereocenters. The van der Waals surface area contributed by atoms with E-state index in [9.17, 15) is 0 Å². The first-order valence-electron chi connectivity index (χ1n) is 3.23. The fourth-order valence-corrected chi connectivity index (χ4v) is 1.02. The molecular weight excluding hydrogens is 114 g/mol. The molecule has 1 rings (SSSR count). The Morgan fingerprint density at radius 3 is 2.44 bits per heavy atom. The van der Waals surface area contributed by atoms with Gasteiger partial charge in [-0.15, -0.1) is 0 Å². The van der Waals surface area contributed by atoms with Gasteiger partial charge in [-0.05, 0) is 19.4 Å². The number of likely N-dealkylation sites (N-methyl/N-ethyl adjacent to an activating group) is 1. The number of nitrogens with zero attached hydrogens (tertiary/aromatic N) is 1. The molecular formula is C7H13NO. The third-order valence-corrected chi connectivity index (χ3v) is 1.44. The monoisotopic (exact) mass is 127 g/mol. The minimum absolute atomic E-state index is 0.844. The molecule has 0 spiro atoms. The molecule has 0 radical (unpaired) electrons. The maximum Gasteiger partial charge on any atom is 0.187 e. The molecule has 1 aliphatic rings. The van der Waals surface area contributed by atoms with Crippen LogP contribution in [0.15, 0.2) is 11.5 Å². The summed E-state index contributed by atoms with van der Waals surface area (Å²) in [6.07, 6.45) is 0. The van der Waals surface area contributed by atoms with Crippen LogP contribution >= 0.6 is 0 Å². The van der Waals surface area contributed by atoms with E-state index in [0.29, 0.717) is 0 Å². The van der Waals surface area contributed by atoms with E-state index < -0.39 is 0 Å².